The van der Waals surface area contributed by atoms with Crippen LogP contribution in [0, 0.1) is 0 Å². The number of fused-ring (bicyclic) bond motifs is 2. The van der Waals surface area contributed by atoms with E-state index in [1.165, 1.54) is 10.4 Å². The third kappa shape index (κ3) is 3.55. The second-order valence-electron chi connectivity index (χ2n) is 7.41. The number of benzene rings is 1. The molecule has 0 saturated heterocycles. The molecule has 1 aliphatic heterocycles. The molecule has 2 heterocycles. The van der Waals surface area contributed by atoms with E-state index in [0.717, 1.165) is 35.4 Å². The number of hydrogen-bond donors (Lipinski definition) is 1. The fourth-order valence-electron chi connectivity index (χ4n) is 3.01. The van der Waals surface area contributed by atoms with Crippen molar-refractivity contribution in [1.29, 1.82) is 0 Å². The standard InChI is InChI=1S/C21H25NO3S/c1-21(2,20(23)24)15-7-8-18-17(12-15)16(6-5-10-22(3)4)19-14(13-25-18)9-11-26-19/h6-9,11-12H,5,10,13H2,1-4H3,(H,23,24). The Morgan fingerprint density at radius 1 is 1.35 bits per heavy atom. The Morgan fingerprint density at radius 3 is 2.81 bits per heavy atom. The highest BCUT2D eigenvalue weighted by Crippen LogP contribution is 2.41. The summed E-state index contributed by atoms with van der Waals surface area (Å²) in [5.41, 5.74) is 3.14. The first-order valence-electron chi connectivity index (χ1n) is 8.73. The predicted molar refractivity (Wildman–Crippen MR) is 106 cm³/mol. The van der Waals surface area contributed by atoms with E-state index in [0.29, 0.717) is 6.61 Å². The SMILES string of the molecule is CN(C)CCC=C1c2cc(C(C)(C)C(=O)O)ccc2OCc2ccsc21. The lowest BCUT2D eigenvalue weighted by Gasteiger charge is -2.22. The van der Waals surface area contributed by atoms with Crippen LogP contribution in [0.3, 0.4) is 0 Å². The summed E-state index contributed by atoms with van der Waals surface area (Å²) in [6.07, 6.45) is 3.17. The van der Waals surface area contributed by atoms with Gasteiger partial charge >= 0.3 is 5.97 Å². The van der Waals surface area contributed by atoms with Crippen LogP contribution in [0.15, 0.2) is 35.7 Å². The second-order valence-corrected chi connectivity index (χ2v) is 8.33. The molecule has 0 aliphatic carbocycles. The smallest absolute Gasteiger partial charge is 0.313 e. The molecule has 4 nitrogen and oxygen atoms in total. The van der Waals surface area contributed by atoms with Crippen molar-refractivity contribution in [2.45, 2.75) is 32.3 Å². The average molecular weight is 372 g/mol. The third-order valence-electron chi connectivity index (χ3n) is 4.83. The van der Waals surface area contributed by atoms with E-state index in [9.17, 15) is 9.90 Å². The van der Waals surface area contributed by atoms with E-state index in [-0.39, 0.29) is 0 Å². The highest BCUT2D eigenvalue weighted by atomic mass is 32.1. The molecule has 26 heavy (non-hydrogen) atoms. The van der Waals surface area contributed by atoms with Gasteiger partial charge in [-0.05, 0) is 69.1 Å². The van der Waals surface area contributed by atoms with Gasteiger partial charge in [0.2, 0.25) is 0 Å². The largest absolute Gasteiger partial charge is 0.488 e. The van der Waals surface area contributed by atoms with Crippen LogP contribution in [0.1, 0.15) is 41.8 Å². The topological polar surface area (TPSA) is 49.8 Å². The van der Waals surface area contributed by atoms with Gasteiger partial charge < -0.3 is 14.7 Å². The maximum absolute atomic E-state index is 11.7. The zero-order valence-electron chi connectivity index (χ0n) is 15.7. The van der Waals surface area contributed by atoms with E-state index in [2.05, 4.69) is 36.5 Å². The van der Waals surface area contributed by atoms with Crippen molar-refractivity contribution in [3.63, 3.8) is 0 Å². The lowest BCUT2D eigenvalue weighted by molar-refractivity contribution is -0.142. The van der Waals surface area contributed by atoms with E-state index >= 15 is 0 Å². The van der Waals surface area contributed by atoms with Crippen molar-refractivity contribution in [1.82, 2.24) is 4.90 Å². The number of aliphatic carboxylic acids is 1. The molecule has 1 aromatic heterocycles. The molecule has 1 aliphatic rings. The van der Waals surface area contributed by atoms with E-state index < -0.39 is 11.4 Å². The van der Waals surface area contributed by atoms with Gasteiger partial charge in [0, 0.05) is 22.5 Å². The first-order valence-corrected chi connectivity index (χ1v) is 9.61. The minimum absolute atomic E-state index is 0.540. The van der Waals surface area contributed by atoms with Crippen LogP contribution in [0.4, 0.5) is 0 Å². The van der Waals surface area contributed by atoms with Crippen molar-refractivity contribution in [3.05, 3.63) is 57.3 Å². The first-order chi connectivity index (χ1) is 12.3. The number of thiophene rings is 1. The van der Waals surface area contributed by atoms with Crippen molar-refractivity contribution in [3.8, 4) is 5.75 Å². The Morgan fingerprint density at radius 2 is 2.12 bits per heavy atom. The summed E-state index contributed by atoms with van der Waals surface area (Å²) in [6.45, 7) is 4.97. The number of carboxylic acids is 1. The number of carbonyl (C=O) groups is 1. The molecule has 3 rings (SSSR count). The molecule has 0 amide bonds. The van der Waals surface area contributed by atoms with Gasteiger partial charge in [-0.2, -0.15) is 0 Å². The molecule has 0 atom stereocenters. The van der Waals surface area contributed by atoms with Crippen molar-refractivity contribution < 1.29 is 14.6 Å². The number of nitrogens with zero attached hydrogens (tertiary/aromatic N) is 1. The van der Waals surface area contributed by atoms with Crippen LogP contribution in [-0.2, 0) is 16.8 Å². The molecular weight excluding hydrogens is 346 g/mol. The summed E-state index contributed by atoms with van der Waals surface area (Å²) in [5.74, 6) is -0.0172. The van der Waals surface area contributed by atoms with Gasteiger partial charge in [-0.25, -0.2) is 0 Å². The molecule has 1 aromatic carbocycles. The summed E-state index contributed by atoms with van der Waals surface area (Å²) in [6, 6.07) is 7.86. The van der Waals surface area contributed by atoms with Gasteiger partial charge in [-0.3, -0.25) is 4.79 Å². The van der Waals surface area contributed by atoms with Gasteiger partial charge in [0.05, 0.1) is 5.41 Å². The fraction of sp³-hybridized carbons (Fsp3) is 0.381. The minimum atomic E-state index is -0.950. The number of carboxylic acid groups (broad SMARTS) is 1. The quantitative estimate of drug-likeness (QED) is 0.847. The third-order valence-corrected chi connectivity index (χ3v) is 5.82. The van der Waals surface area contributed by atoms with Crippen LogP contribution >= 0.6 is 11.3 Å². The number of ether oxygens (including phenoxy) is 1. The normalized spacial score (nSPS) is 15.3. The Bertz CT molecular complexity index is 849. The number of rotatable bonds is 5. The average Bonchev–Trinajstić information content (AvgIpc) is 2.99. The zero-order chi connectivity index (χ0) is 18.9. The lowest BCUT2D eigenvalue weighted by atomic mass is 9.83. The van der Waals surface area contributed by atoms with Crippen molar-refractivity contribution >= 4 is 22.9 Å². The monoisotopic (exact) mass is 371 g/mol. The van der Waals surface area contributed by atoms with Gasteiger partial charge in [-0.1, -0.05) is 12.1 Å². The minimum Gasteiger partial charge on any atom is -0.488 e. The molecule has 0 radical (unpaired) electrons. The molecule has 0 unspecified atom stereocenters. The van der Waals surface area contributed by atoms with Crippen molar-refractivity contribution in [2.24, 2.45) is 0 Å². The maximum Gasteiger partial charge on any atom is 0.313 e. The summed E-state index contributed by atoms with van der Waals surface area (Å²) < 4.78 is 6.03. The highest BCUT2D eigenvalue weighted by molar-refractivity contribution is 7.11. The summed E-state index contributed by atoms with van der Waals surface area (Å²) in [5, 5.41) is 11.7. The van der Waals surface area contributed by atoms with Gasteiger partial charge in [-0.15, -0.1) is 11.3 Å². The Kier molecular flexibility index (Phi) is 5.21. The first kappa shape index (κ1) is 18.7. The Hall–Kier alpha value is -2.11. The highest BCUT2D eigenvalue weighted by Gasteiger charge is 2.31. The number of hydrogen-bond acceptors (Lipinski definition) is 4. The molecule has 0 saturated carbocycles. The van der Waals surface area contributed by atoms with Crippen LogP contribution in [0.25, 0.3) is 5.57 Å². The molecule has 0 fully saturated rings. The summed E-state index contributed by atoms with van der Waals surface area (Å²) in [4.78, 5) is 15.1. The zero-order valence-corrected chi connectivity index (χ0v) is 16.5. The van der Waals surface area contributed by atoms with Gasteiger partial charge in [0.1, 0.15) is 12.4 Å². The Balaban J connectivity index is 2.12. The molecular formula is C21H25NO3S. The van der Waals surface area contributed by atoms with Crippen LogP contribution in [0.2, 0.25) is 0 Å². The van der Waals surface area contributed by atoms with Crippen molar-refractivity contribution in [2.75, 3.05) is 20.6 Å². The van der Waals surface area contributed by atoms with Crippen LogP contribution in [-0.4, -0.2) is 36.6 Å². The van der Waals surface area contributed by atoms with Crippen LogP contribution in [0.5, 0.6) is 5.75 Å². The second kappa shape index (κ2) is 7.25. The molecule has 0 spiro atoms. The molecule has 2 aromatic rings. The summed E-state index contributed by atoms with van der Waals surface area (Å²) >= 11 is 1.71. The van der Waals surface area contributed by atoms with E-state index in [1.807, 2.05) is 18.2 Å². The molecule has 0 bridgehead atoms. The molecule has 138 valence electrons. The van der Waals surface area contributed by atoms with E-state index in [1.54, 1.807) is 25.2 Å². The van der Waals surface area contributed by atoms with Gasteiger partial charge in [0.15, 0.2) is 0 Å². The Labute approximate surface area is 158 Å². The maximum atomic E-state index is 11.7. The predicted octanol–water partition coefficient (Wildman–Crippen LogP) is 4.39. The molecule has 1 N–H and O–H groups in total. The van der Waals surface area contributed by atoms with Gasteiger partial charge in [0.25, 0.3) is 0 Å². The molecule has 5 heteroatoms. The fourth-order valence-corrected chi connectivity index (χ4v) is 3.98. The summed E-state index contributed by atoms with van der Waals surface area (Å²) in [7, 11) is 4.12. The van der Waals surface area contributed by atoms with Crippen LogP contribution < -0.4 is 4.74 Å². The van der Waals surface area contributed by atoms with E-state index in [4.69, 9.17) is 4.74 Å². The lowest BCUT2D eigenvalue weighted by Crippen LogP contribution is -2.28.